The summed E-state index contributed by atoms with van der Waals surface area (Å²) in [5, 5.41) is 2.42. The number of fused-ring (bicyclic) bond motifs is 1. The molecule has 3 nitrogen and oxygen atoms in total. The van der Waals surface area contributed by atoms with Gasteiger partial charge in [0.05, 0.1) is 11.4 Å². The molecule has 1 aliphatic rings. The summed E-state index contributed by atoms with van der Waals surface area (Å²) in [6, 6.07) is 21.1. The van der Waals surface area contributed by atoms with Gasteiger partial charge in [0, 0.05) is 5.02 Å². The third-order valence-corrected chi connectivity index (χ3v) is 5.53. The van der Waals surface area contributed by atoms with Crippen molar-refractivity contribution in [2.45, 2.75) is 6.54 Å². The quantitative estimate of drug-likeness (QED) is 0.545. The molecule has 0 unspecified atom stereocenters. The van der Waals surface area contributed by atoms with E-state index in [9.17, 15) is 9.59 Å². The van der Waals surface area contributed by atoms with Gasteiger partial charge in [-0.25, -0.2) is 0 Å². The summed E-state index contributed by atoms with van der Waals surface area (Å²) in [5.41, 5.74) is 1.68. The monoisotopic (exact) mass is 379 g/mol. The van der Waals surface area contributed by atoms with Gasteiger partial charge in [-0.2, -0.15) is 0 Å². The van der Waals surface area contributed by atoms with Crippen LogP contribution in [0, 0.1) is 0 Å². The Morgan fingerprint density at radius 3 is 2.50 bits per heavy atom. The Morgan fingerprint density at radius 1 is 0.923 bits per heavy atom. The molecule has 2 amide bonds. The lowest BCUT2D eigenvalue weighted by Gasteiger charge is -2.14. The Labute approximate surface area is 160 Å². The highest BCUT2D eigenvalue weighted by atomic mass is 35.5. The third kappa shape index (κ3) is 3.14. The van der Waals surface area contributed by atoms with Crippen LogP contribution in [0.3, 0.4) is 0 Å². The maximum Gasteiger partial charge on any atom is 0.293 e. The number of carbonyl (C=O) groups is 2. The standard InChI is InChI=1S/C21H14ClNO2S/c22-18-11-4-2-7-15(18)12-19-20(24)23(21(25)26-19)13-16-9-5-8-14-6-1-3-10-17(14)16/h1-12H,13H2/b19-12-. The van der Waals surface area contributed by atoms with E-state index in [2.05, 4.69) is 0 Å². The second-order valence-electron chi connectivity index (χ2n) is 5.93. The van der Waals surface area contributed by atoms with E-state index in [0.29, 0.717) is 9.93 Å². The van der Waals surface area contributed by atoms with Gasteiger partial charge in [0.25, 0.3) is 11.1 Å². The highest BCUT2D eigenvalue weighted by molar-refractivity contribution is 8.18. The molecule has 1 heterocycles. The molecule has 0 aliphatic carbocycles. The Morgan fingerprint density at radius 2 is 1.65 bits per heavy atom. The van der Waals surface area contributed by atoms with E-state index < -0.39 is 0 Å². The van der Waals surface area contributed by atoms with E-state index in [1.165, 1.54) is 4.90 Å². The smallest absolute Gasteiger partial charge is 0.268 e. The van der Waals surface area contributed by atoms with Gasteiger partial charge in [-0.1, -0.05) is 72.3 Å². The van der Waals surface area contributed by atoms with Crippen LogP contribution >= 0.6 is 23.4 Å². The second-order valence-corrected chi connectivity index (χ2v) is 7.33. The van der Waals surface area contributed by atoms with E-state index >= 15 is 0 Å². The van der Waals surface area contributed by atoms with E-state index in [1.807, 2.05) is 60.7 Å². The summed E-state index contributed by atoms with van der Waals surface area (Å²) in [7, 11) is 0. The first-order valence-corrected chi connectivity index (χ1v) is 9.29. The normalized spacial score (nSPS) is 16.0. The van der Waals surface area contributed by atoms with Gasteiger partial charge in [-0.15, -0.1) is 0 Å². The molecule has 0 N–H and O–H groups in total. The summed E-state index contributed by atoms with van der Waals surface area (Å²) >= 11 is 7.10. The zero-order chi connectivity index (χ0) is 18.1. The van der Waals surface area contributed by atoms with Gasteiger partial charge in [0.2, 0.25) is 0 Å². The van der Waals surface area contributed by atoms with Crippen molar-refractivity contribution < 1.29 is 9.59 Å². The lowest BCUT2D eigenvalue weighted by Crippen LogP contribution is -2.27. The van der Waals surface area contributed by atoms with Crippen molar-refractivity contribution >= 4 is 51.4 Å². The van der Waals surface area contributed by atoms with Crippen molar-refractivity contribution in [2.24, 2.45) is 0 Å². The average Bonchev–Trinajstić information content (AvgIpc) is 2.91. The van der Waals surface area contributed by atoms with Crippen molar-refractivity contribution in [3.63, 3.8) is 0 Å². The van der Waals surface area contributed by atoms with Crippen LogP contribution in [0.2, 0.25) is 5.02 Å². The lowest BCUT2D eigenvalue weighted by molar-refractivity contribution is -0.123. The van der Waals surface area contributed by atoms with E-state index in [1.54, 1.807) is 12.1 Å². The number of halogens is 1. The van der Waals surface area contributed by atoms with Gasteiger partial charge in [0.1, 0.15) is 0 Å². The summed E-state index contributed by atoms with van der Waals surface area (Å²) in [4.78, 5) is 26.8. The highest BCUT2D eigenvalue weighted by Crippen LogP contribution is 2.35. The number of amides is 2. The number of carbonyl (C=O) groups excluding carboxylic acids is 2. The molecule has 3 aromatic rings. The summed E-state index contributed by atoms with van der Waals surface area (Å²) in [6.45, 7) is 0.256. The average molecular weight is 380 g/mol. The first kappa shape index (κ1) is 16.9. The molecule has 1 aliphatic heterocycles. The van der Waals surface area contributed by atoms with Crippen LogP contribution in [-0.2, 0) is 11.3 Å². The third-order valence-electron chi connectivity index (χ3n) is 4.27. The minimum atomic E-state index is -0.284. The van der Waals surface area contributed by atoms with E-state index in [-0.39, 0.29) is 17.7 Å². The molecular weight excluding hydrogens is 366 g/mol. The van der Waals surface area contributed by atoms with Gasteiger partial charge in [0.15, 0.2) is 0 Å². The second kappa shape index (κ2) is 6.98. The molecule has 0 spiro atoms. The Bertz CT molecular complexity index is 1060. The molecule has 5 heteroatoms. The minimum absolute atomic E-state index is 0.256. The minimum Gasteiger partial charge on any atom is -0.268 e. The predicted molar refractivity (Wildman–Crippen MR) is 107 cm³/mol. The Kier molecular flexibility index (Phi) is 4.53. The van der Waals surface area contributed by atoms with Gasteiger partial charge >= 0.3 is 0 Å². The molecule has 0 saturated carbocycles. The van der Waals surface area contributed by atoms with Gasteiger partial charge in [-0.3, -0.25) is 14.5 Å². The van der Waals surface area contributed by atoms with Crippen molar-refractivity contribution in [1.82, 2.24) is 4.90 Å². The SMILES string of the molecule is O=C1S/C(=C\c2ccccc2Cl)C(=O)N1Cc1cccc2ccccc12. The number of nitrogens with zero attached hydrogens (tertiary/aromatic N) is 1. The zero-order valence-electron chi connectivity index (χ0n) is 13.7. The molecule has 1 fully saturated rings. The van der Waals surface area contributed by atoms with Crippen LogP contribution in [0.25, 0.3) is 16.8 Å². The number of hydrogen-bond donors (Lipinski definition) is 0. The Balaban J connectivity index is 1.65. The van der Waals surface area contributed by atoms with Crippen LogP contribution in [0.5, 0.6) is 0 Å². The number of rotatable bonds is 3. The fourth-order valence-electron chi connectivity index (χ4n) is 2.97. The van der Waals surface area contributed by atoms with Crippen LogP contribution in [-0.4, -0.2) is 16.0 Å². The van der Waals surface area contributed by atoms with Crippen LogP contribution in [0.1, 0.15) is 11.1 Å². The molecular formula is C21H14ClNO2S. The molecule has 0 aromatic heterocycles. The topological polar surface area (TPSA) is 37.4 Å². The predicted octanol–water partition coefficient (Wildman–Crippen LogP) is 5.73. The molecule has 128 valence electrons. The summed E-state index contributed by atoms with van der Waals surface area (Å²) < 4.78 is 0. The first-order chi connectivity index (χ1) is 12.6. The van der Waals surface area contributed by atoms with Crippen LogP contribution in [0.4, 0.5) is 4.79 Å². The molecule has 0 atom stereocenters. The van der Waals surface area contributed by atoms with E-state index in [0.717, 1.165) is 33.7 Å². The first-order valence-electron chi connectivity index (χ1n) is 8.10. The largest absolute Gasteiger partial charge is 0.293 e. The number of thioether (sulfide) groups is 1. The Hall–Kier alpha value is -2.56. The maximum absolute atomic E-state index is 12.7. The summed E-state index contributed by atoms with van der Waals surface area (Å²) in [6.07, 6.45) is 1.68. The van der Waals surface area contributed by atoms with Crippen LogP contribution in [0.15, 0.2) is 71.6 Å². The van der Waals surface area contributed by atoms with Crippen molar-refractivity contribution in [1.29, 1.82) is 0 Å². The van der Waals surface area contributed by atoms with Crippen LogP contribution < -0.4 is 0 Å². The zero-order valence-corrected chi connectivity index (χ0v) is 15.3. The highest BCUT2D eigenvalue weighted by Gasteiger charge is 2.35. The number of benzene rings is 3. The van der Waals surface area contributed by atoms with Crippen molar-refractivity contribution in [2.75, 3.05) is 0 Å². The van der Waals surface area contributed by atoms with E-state index in [4.69, 9.17) is 11.6 Å². The van der Waals surface area contributed by atoms with Crippen molar-refractivity contribution in [3.8, 4) is 0 Å². The molecule has 3 aromatic carbocycles. The van der Waals surface area contributed by atoms with Gasteiger partial charge < -0.3 is 0 Å². The fourth-order valence-corrected chi connectivity index (χ4v) is 3.99. The summed E-state index contributed by atoms with van der Waals surface area (Å²) in [5.74, 6) is -0.284. The molecule has 26 heavy (non-hydrogen) atoms. The number of hydrogen-bond acceptors (Lipinski definition) is 3. The molecule has 0 bridgehead atoms. The maximum atomic E-state index is 12.7. The molecule has 4 rings (SSSR count). The fraction of sp³-hybridized carbons (Fsp3) is 0.0476. The van der Waals surface area contributed by atoms with Gasteiger partial charge in [-0.05, 0) is 45.8 Å². The lowest BCUT2D eigenvalue weighted by atomic mass is 10.0. The molecule has 0 radical (unpaired) electrons. The molecule has 1 saturated heterocycles. The van der Waals surface area contributed by atoms with Crippen molar-refractivity contribution in [3.05, 3.63) is 87.8 Å². The number of imide groups is 1.